The summed E-state index contributed by atoms with van der Waals surface area (Å²) >= 11 is 0. The molecule has 1 amide bonds. The highest BCUT2D eigenvalue weighted by atomic mass is 16.5. The van der Waals surface area contributed by atoms with Crippen molar-refractivity contribution < 1.29 is 19.1 Å². The summed E-state index contributed by atoms with van der Waals surface area (Å²) in [6.45, 7) is 3.88. The molecule has 3 N–H and O–H groups in total. The highest BCUT2D eigenvalue weighted by Crippen LogP contribution is 2.31. The van der Waals surface area contributed by atoms with Crippen LogP contribution in [0.3, 0.4) is 0 Å². The third kappa shape index (κ3) is 5.44. The van der Waals surface area contributed by atoms with Gasteiger partial charge in [-0.05, 0) is 36.0 Å². The molecule has 1 aromatic heterocycles. The van der Waals surface area contributed by atoms with Crippen LogP contribution in [0.25, 0.3) is 5.57 Å². The first-order valence-electron chi connectivity index (χ1n) is 11.5. The van der Waals surface area contributed by atoms with Crippen LogP contribution in [0.5, 0.6) is 0 Å². The van der Waals surface area contributed by atoms with E-state index < -0.39 is 17.9 Å². The number of amides is 1. The first kappa shape index (κ1) is 23.5. The van der Waals surface area contributed by atoms with Crippen molar-refractivity contribution in [1.82, 2.24) is 20.6 Å². The van der Waals surface area contributed by atoms with Gasteiger partial charge in [0.2, 0.25) is 5.91 Å². The van der Waals surface area contributed by atoms with E-state index in [0.29, 0.717) is 19.3 Å². The largest absolute Gasteiger partial charge is 0.467 e. The first-order chi connectivity index (χ1) is 16.4. The number of carbonyl (C=O) groups is 3. The van der Waals surface area contributed by atoms with Gasteiger partial charge in [-0.2, -0.15) is 0 Å². The number of nitrogens with one attached hydrogen (secondary N) is 3. The van der Waals surface area contributed by atoms with E-state index in [4.69, 9.17) is 4.74 Å². The van der Waals surface area contributed by atoms with Crippen molar-refractivity contribution in [3.05, 3.63) is 72.0 Å². The molecule has 8 nitrogen and oxygen atoms in total. The molecule has 1 fully saturated rings. The van der Waals surface area contributed by atoms with Crippen LogP contribution in [0, 0.1) is 5.92 Å². The second-order valence-corrected chi connectivity index (χ2v) is 8.87. The lowest BCUT2D eigenvalue weighted by Gasteiger charge is -2.22. The fourth-order valence-electron chi connectivity index (χ4n) is 4.65. The minimum absolute atomic E-state index is 0.0413. The number of rotatable bonds is 10. The SMILES string of the molecule is C=C1CC[C@@H](C(=O)C[C@@H](Cc2cnc[nH]2)C(=O)N[C@@H](CC2=CCc3ccccc32)C(=O)OC)N1. The van der Waals surface area contributed by atoms with Gasteiger partial charge in [0.05, 0.1) is 25.4 Å². The number of H-pyrrole nitrogens is 1. The third-order valence-corrected chi connectivity index (χ3v) is 6.50. The number of nitrogens with zero attached hydrogens (tertiary/aromatic N) is 1. The predicted octanol–water partition coefficient (Wildman–Crippen LogP) is 2.48. The second-order valence-electron chi connectivity index (χ2n) is 8.87. The summed E-state index contributed by atoms with van der Waals surface area (Å²) in [5.74, 6) is -1.57. The number of fused-ring (bicyclic) bond motifs is 1. The first-order valence-corrected chi connectivity index (χ1v) is 11.5. The number of esters is 1. The zero-order valence-corrected chi connectivity index (χ0v) is 19.3. The average molecular weight is 463 g/mol. The molecule has 0 spiro atoms. The number of hydrogen-bond donors (Lipinski definition) is 3. The maximum absolute atomic E-state index is 13.4. The number of imidazole rings is 1. The van der Waals surface area contributed by atoms with E-state index >= 15 is 0 Å². The zero-order chi connectivity index (χ0) is 24.1. The van der Waals surface area contributed by atoms with E-state index in [1.807, 2.05) is 18.2 Å². The minimum Gasteiger partial charge on any atom is -0.467 e. The molecule has 2 aliphatic rings. The molecule has 1 saturated heterocycles. The summed E-state index contributed by atoms with van der Waals surface area (Å²) in [6, 6.07) is 6.84. The van der Waals surface area contributed by atoms with Crippen LogP contribution in [-0.4, -0.2) is 46.8 Å². The Kier molecular flexibility index (Phi) is 7.25. The van der Waals surface area contributed by atoms with Crippen molar-refractivity contribution in [2.45, 2.75) is 50.6 Å². The van der Waals surface area contributed by atoms with E-state index in [2.05, 4.69) is 39.3 Å². The van der Waals surface area contributed by atoms with Gasteiger partial charge in [0, 0.05) is 36.9 Å². The number of ketones is 1. The van der Waals surface area contributed by atoms with Gasteiger partial charge < -0.3 is 20.4 Å². The van der Waals surface area contributed by atoms with Gasteiger partial charge >= 0.3 is 5.97 Å². The number of benzene rings is 1. The number of ether oxygens (including phenoxy) is 1. The molecular weight excluding hydrogens is 432 g/mol. The molecule has 8 heteroatoms. The lowest BCUT2D eigenvalue weighted by atomic mass is 9.92. The molecule has 0 bridgehead atoms. The highest BCUT2D eigenvalue weighted by Gasteiger charge is 2.32. The Labute approximate surface area is 198 Å². The van der Waals surface area contributed by atoms with Gasteiger partial charge in [-0.15, -0.1) is 0 Å². The molecule has 3 atom stereocenters. The maximum Gasteiger partial charge on any atom is 0.328 e. The normalized spacial score (nSPS) is 18.4. The van der Waals surface area contributed by atoms with Crippen molar-refractivity contribution in [2.75, 3.05) is 7.11 Å². The van der Waals surface area contributed by atoms with Crippen molar-refractivity contribution >= 4 is 23.2 Å². The minimum atomic E-state index is -0.848. The summed E-state index contributed by atoms with van der Waals surface area (Å²) in [5, 5.41) is 5.97. The maximum atomic E-state index is 13.4. The van der Waals surface area contributed by atoms with E-state index in [1.165, 1.54) is 19.0 Å². The predicted molar refractivity (Wildman–Crippen MR) is 127 cm³/mol. The van der Waals surface area contributed by atoms with Gasteiger partial charge in [0.1, 0.15) is 6.04 Å². The summed E-state index contributed by atoms with van der Waals surface area (Å²) in [4.78, 5) is 45.9. The Morgan fingerprint density at radius 1 is 1.26 bits per heavy atom. The molecule has 0 saturated carbocycles. The highest BCUT2D eigenvalue weighted by molar-refractivity contribution is 5.92. The Bertz CT molecular complexity index is 1110. The second kappa shape index (κ2) is 10.5. The van der Waals surface area contributed by atoms with Crippen LogP contribution in [0.1, 0.15) is 42.5 Å². The molecule has 2 heterocycles. The molecule has 1 aliphatic carbocycles. The number of hydrogen-bond acceptors (Lipinski definition) is 6. The quantitative estimate of drug-likeness (QED) is 0.468. The van der Waals surface area contributed by atoms with Crippen LogP contribution in [0.2, 0.25) is 0 Å². The topological polar surface area (TPSA) is 113 Å². The van der Waals surface area contributed by atoms with Gasteiger partial charge in [-0.25, -0.2) is 9.78 Å². The average Bonchev–Trinajstić information content (AvgIpc) is 3.59. The van der Waals surface area contributed by atoms with Crippen LogP contribution in [-0.2, 0) is 32.0 Å². The molecule has 0 unspecified atom stereocenters. The molecule has 0 radical (unpaired) electrons. The smallest absolute Gasteiger partial charge is 0.328 e. The van der Waals surface area contributed by atoms with Crippen LogP contribution >= 0.6 is 0 Å². The fourth-order valence-corrected chi connectivity index (χ4v) is 4.65. The molecule has 2 aromatic rings. The molecule has 178 valence electrons. The molecular formula is C26H30N4O4. The van der Waals surface area contributed by atoms with Crippen molar-refractivity contribution in [3.8, 4) is 0 Å². The molecule has 1 aromatic carbocycles. The number of aromatic amines is 1. The van der Waals surface area contributed by atoms with Crippen molar-refractivity contribution in [1.29, 1.82) is 0 Å². The summed E-state index contributed by atoms with van der Waals surface area (Å²) in [5.41, 5.74) is 4.87. The van der Waals surface area contributed by atoms with Gasteiger partial charge in [0.15, 0.2) is 5.78 Å². The van der Waals surface area contributed by atoms with E-state index in [9.17, 15) is 14.4 Å². The van der Waals surface area contributed by atoms with E-state index in [0.717, 1.165) is 35.4 Å². The van der Waals surface area contributed by atoms with Crippen LogP contribution < -0.4 is 10.6 Å². The lowest BCUT2D eigenvalue weighted by molar-refractivity contribution is -0.145. The van der Waals surface area contributed by atoms with Crippen molar-refractivity contribution in [2.24, 2.45) is 5.92 Å². The van der Waals surface area contributed by atoms with Gasteiger partial charge in [0.25, 0.3) is 0 Å². The third-order valence-electron chi connectivity index (χ3n) is 6.50. The number of methoxy groups -OCH3 is 1. The zero-order valence-electron chi connectivity index (χ0n) is 19.3. The summed E-state index contributed by atoms with van der Waals surface area (Å²) in [7, 11) is 1.31. The number of allylic oxidation sites excluding steroid dienone is 2. The lowest BCUT2D eigenvalue weighted by Crippen LogP contribution is -2.46. The van der Waals surface area contributed by atoms with Gasteiger partial charge in [-0.3, -0.25) is 9.59 Å². The van der Waals surface area contributed by atoms with E-state index in [-0.39, 0.29) is 24.2 Å². The summed E-state index contributed by atoms with van der Waals surface area (Å²) in [6.07, 6.45) is 8.16. The molecule has 34 heavy (non-hydrogen) atoms. The standard InChI is InChI=1S/C26H30N4O4/c1-16-7-10-22(29-16)24(31)13-19(11-20-14-27-15-28-20)25(32)30-23(26(33)34-2)12-18-9-8-17-5-3-4-6-21(17)18/h3-6,9,14-15,19,22-23,29H,1,7-8,10-13H2,2H3,(H,27,28)(H,30,32)/t19-,22+,23+/m1/s1. The Morgan fingerprint density at radius 3 is 2.79 bits per heavy atom. The number of Topliss-reactive ketones (excluding diaryl/α,β-unsaturated/α-hetero) is 1. The van der Waals surface area contributed by atoms with E-state index in [1.54, 1.807) is 6.20 Å². The number of aromatic nitrogens is 2. The Balaban J connectivity index is 1.48. The molecule has 1 aliphatic heterocycles. The van der Waals surface area contributed by atoms with Crippen LogP contribution in [0.15, 0.2) is 55.1 Å². The molecule has 4 rings (SSSR count). The summed E-state index contributed by atoms with van der Waals surface area (Å²) < 4.78 is 4.99. The fraction of sp³-hybridized carbons (Fsp3) is 0.385. The van der Waals surface area contributed by atoms with Crippen molar-refractivity contribution in [3.63, 3.8) is 0 Å². The Morgan fingerprint density at radius 2 is 2.09 bits per heavy atom. The monoisotopic (exact) mass is 462 g/mol. The Hall–Kier alpha value is -3.68. The number of carbonyl (C=O) groups excluding carboxylic acids is 3. The van der Waals surface area contributed by atoms with Gasteiger partial charge in [-0.1, -0.05) is 36.9 Å². The van der Waals surface area contributed by atoms with Crippen LogP contribution in [0.4, 0.5) is 0 Å².